The van der Waals surface area contributed by atoms with E-state index >= 15 is 0 Å². The molecule has 0 aliphatic rings. The molecule has 0 aliphatic heterocycles. The molecule has 0 radical (unpaired) electrons. The van der Waals surface area contributed by atoms with E-state index < -0.39 is 11.7 Å². The lowest BCUT2D eigenvalue weighted by Gasteiger charge is -2.24. The molecule has 27 heavy (non-hydrogen) atoms. The maximum atomic E-state index is 12.0. The number of phenolic OH excluding ortho intramolecular Hbond substituents is 2. The Morgan fingerprint density at radius 2 is 1.52 bits per heavy atom. The van der Waals surface area contributed by atoms with Gasteiger partial charge in [-0.05, 0) is 95.9 Å². The van der Waals surface area contributed by atoms with Crippen LogP contribution in [-0.2, 0) is 6.42 Å². The van der Waals surface area contributed by atoms with Crippen LogP contribution in [0.5, 0.6) is 11.5 Å². The SMILES string of the molecule is C/C(=C\CC[C@@](C)(O)CCc1c(C)c(O)c(C)c(C)c1O)CCC=C(F)F. The molecular formula is C22H32F2O3. The van der Waals surface area contributed by atoms with Crippen LogP contribution in [0.3, 0.4) is 0 Å². The normalized spacial score (nSPS) is 14.1. The number of aromatic hydroxyl groups is 2. The first-order valence-corrected chi connectivity index (χ1v) is 9.36. The summed E-state index contributed by atoms with van der Waals surface area (Å²) in [5.41, 5.74) is 2.75. The lowest BCUT2D eigenvalue weighted by molar-refractivity contribution is 0.0431. The molecule has 152 valence electrons. The van der Waals surface area contributed by atoms with Crippen LogP contribution in [0.2, 0.25) is 0 Å². The molecule has 0 aromatic heterocycles. The summed E-state index contributed by atoms with van der Waals surface area (Å²) in [6, 6.07) is 0. The van der Waals surface area contributed by atoms with Crippen molar-refractivity contribution >= 4 is 0 Å². The van der Waals surface area contributed by atoms with E-state index in [1.54, 1.807) is 27.7 Å². The highest BCUT2D eigenvalue weighted by atomic mass is 19.3. The zero-order valence-electron chi connectivity index (χ0n) is 17.0. The van der Waals surface area contributed by atoms with Crippen LogP contribution in [0.15, 0.2) is 23.8 Å². The first-order valence-electron chi connectivity index (χ1n) is 9.36. The molecule has 0 fully saturated rings. The number of aliphatic hydroxyl groups is 1. The van der Waals surface area contributed by atoms with Crippen LogP contribution in [0.1, 0.15) is 68.2 Å². The van der Waals surface area contributed by atoms with Crippen molar-refractivity contribution in [2.45, 2.75) is 78.7 Å². The lowest BCUT2D eigenvalue weighted by Crippen LogP contribution is -2.24. The fraction of sp³-hybridized carbons (Fsp3) is 0.545. The molecule has 0 aliphatic carbocycles. The molecule has 0 saturated heterocycles. The monoisotopic (exact) mass is 382 g/mol. The fourth-order valence-corrected chi connectivity index (χ4v) is 3.15. The van der Waals surface area contributed by atoms with Gasteiger partial charge in [-0.3, -0.25) is 0 Å². The standard InChI is InChI=1S/C22H32F2O3/c1-14(8-6-10-19(23)24)9-7-12-22(5,27)13-11-18-17(4)20(25)15(2)16(3)21(18)26/h9-10,25-27H,6-8,11-13H2,1-5H3/b14-9+/t22-/m1/s1. The van der Waals surface area contributed by atoms with Crippen molar-refractivity contribution in [2.24, 2.45) is 0 Å². The molecule has 0 bridgehead atoms. The summed E-state index contributed by atoms with van der Waals surface area (Å²) in [7, 11) is 0. The molecule has 3 N–H and O–H groups in total. The quantitative estimate of drug-likeness (QED) is 0.363. The minimum absolute atomic E-state index is 0.183. The summed E-state index contributed by atoms with van der Waals surface area (Å²) in [5, 5.41) is 31.2. The minimum Gasteiger partial charge on any atom is -0.507 e. The first-order chi connectivity index (χ1) is 12.5. The summed E-state index contributed by atoms with van der Waals surface area (Å²) < 4.78 is 24.0. The summed E-state index contributed by atoms with van der Waals surface area (Å²) in [6.07, 6.45) is 4.24. The molecule has 1 atom stereocenters. The van der Waals surface area contributed by atoms with Gasteiger partial charge in [0.15, 0.2) is 0 Å². The maximum Gasteiger partial charge on any atom is 0.266 e. The van der Waals surface area contributed by atoms with Gasteiger partial charge >= 0.3 is 0 Å². The number of allylic oxidation sites excluding steroid dienone is 3. The number of phenols is 2. The lowest BCUT2D eigenvalue weighted by atomic mass is 9.88. The van der Waals surface area contributed by atoms with Crippen molar-refractivity contribution in [3.8, 4) is 11.5 Å². The predicted octanol–water partition coefficient (Wildman–Crippen LogP) is 5.99. The van der Waals surface area contributed by atoms with E-state index in [4.69, 9.17) is 0 Å². The zero-order valence-corrected chi connectivity index (χ0v) is 17.0. The van der Waals surface area contributed by atoms with E-state index in [9.17, 15) is 24.1 Å². The predicted molar refractivity (Wildman–Crippen MR) is 105 cm³/mol. The number of halogens is 2. The average molecular weight is 382 g/mol. The van der Waals surface area contributed by atoms with E-state index in [-0.39, 0.29) is 11.5 Å². The molecule has 5 heteroatoms. The van der Waals surface area contributed by atoms with Crippen LogP contribution < -0.4 is 0 Å². The number of rotatable bonds is 9. The maximum absolute atomic E-state index is 12.0. The third kappa shape index (κ3) is 6.98. The van der Waals surface area contributed by atoms with Crippen molar-refractivity contribution in [1.82, 2.24) is 0 Å². The Bertz CT molecular complexity index is 686. The number of hydrogen-bond donors (Lipinski definition) is 3. The van der Waals surface area contributed by atoms with Gasteiger partial charge in [-0.15, -0.1) is 0 Å². The van der Waals surface area contributed by atoms with E-state index in [2.05, 4.69) is 0 Å². The highest BCUT2D eigenvalue weighted by Crippen LogP contribution is 2.37. The Balaban J connectivity index is 2.66. The number of hydrogen-bond acceptors (Lipinski definition) is 3. The van der Waals surface area contributed by atoms with Crippen molar-refractivity contribution in [3.05, 3.63) is 46.1 Å². The summed E-state index contributed by atoms with van der Waals surface area (Å²) in [5.74, 6) is 0.375. The zero-order chi connectivity index (χ0) is 20.8. The minimum atomic E-state index is -1.65. The van der Waals surface area contributed by atoms with Crippen molar-refractivity contribution in [3.63, 3.8) is 0 Å². The molecule has 3 nitrogen and oxygen atoms in total. The van der Waals surface area contributed by atoms with Crippen LogP contribution in [0, 0.1) is 20.8 Å². The van der Waals surface area contributed by atoms with Gasteiger partial charge in [0.1, 0.15) is 11.5 Å². The summed E-state index contributed by atoms with van der Waals surface area (Å²) in [4.78, 5) is 0. The number of benzene rings is 1. The largest absolute Gasteiger partial charge is 0.507 e. The Morgan fingerprint density at radius 1 is 0.926 bits per heavy atom. The van der Waals surface area contributed by atoms with Gasteiger partial charge in [0.05, 0.1) is 5.60 Å². The van der Waals surface area contributed by atoms with Gasteiger partial charge in [-0.1, -0.05) is 11.6 Å². The average Bonchev–Trinajstić information content (AvgIpc) is 2.57. The molecule has 1 aromatic rings. The van der Waals surface area contributed by atoms with Gasteiger partial charge in [0, 0.05) is 5.56 Å². The van der Waals surface area contributed by atoms with Gasteiger partial charge in [0.2, 0.25) is 0 Å². The second kappa shape index (κ2) is 9.88. The van der Waals surface area contributed by atoms with Gasteiger partial charge in [-0.2, -0.15) is 8.78 Å². The molecule has 0 unspecified atom stereocenters. The molecule has 0 spiro atoms. The Hall–Kier alpha value is -1.88. The molecule has 0 amide bonds. The van der Waals surface area contributed by atoms with E-state index in [0.717, 1.165) is 11.6 Å². The Morgan fingerprint density at radius 3 is 2.11 bits per heavy atom. The van der Waals surface area contributed by atoms with Crippen LogP contribution in [-0.4, -0.2) is 20.9 Å². The first kappa shape index (κ1) is 23.2. The van der Waals surface area contributed by atoms with Gasteiger partial charge in [0.25, 0.3) is 6.08 Å². The Kier molecular flexibility index (Phi) is 8.48. The highest BCUT2D eigenvalue weighted by molar-refractivity contribution is 5.56. The second-order valence-electron chi connectivity index (χ2n) is 7.67. The molecule has 0 saturated carbocycles. The molecule has 1 rings (SSSR count). The van der Waals surface area contributed by atoms with E-state index in [1.807, 2.05) is 13.0 Å². The van der Waals surface area contributed by atoms with Crippen LogP contribution >= 0.6 is 0 Å². The third-order valence-electron chi connectivity index (χ3n) is 5.29. The van der Waals surface area contributed by atoms with Gasteiger partial charge in [-0.25, -0.2) is 0 Å². The van der Waals surface area contributed by atoms with E-state index in [0.29, 0.717) is 60.8 Å². The van der Waals surface area contributed by atoms with Crippen LogP contribution in [0.25, 0.3) is 0 Å². The van der Waals surface area contributed by atoms with Crippen LogP contribution in [0.4, 0.5) is 8.78 Å². The highest BCUT2D eigenvalue weighted by Gasteiger charge is 2.23. The fourth-order valence-electron chi connectivity index (χ4n) is 3.15. The Labute approximate surface area is 161 Å². The van der Waals surface area contributed by atoms with Crippen molar-refractivity contribution in [2.75, 3.05) is 0 Å². The molecule has 0 heterocycles. The van der Waals surface area contributed by atoms with Crippen molar-refractivity contribution < 1.29 is 24.1 Å². The second-order valence-corrected chi connectivity index (χ2v) is 7.67. The molecule has 1 aromatic carbocycles. The van der Waals surface area contributed by atoms with Gasteiger partial charge < -0.3 is 15.3 Å². The third-order valence-corrected chi connectivity index (χ3v) is 5.29. The summed E-state index contributed by atoms with van der Waals surface area (Å²) in [6.45, 7) is 8.96. The molecular weight excluding hydrogens is 350 g/mol. The topological polar surface area (TPSA) is 60.7 Å². The smallest absolute Gasteiger partial charge is 0.266 e. The summed E-state index contributed by atoms with van der Waals surface area (Å²) >= 11 is 0. The van der Waals surface area contributed by atoms with Crippen molar-refractivity contribution in [1.29, 1.82) is 0 Å². The van der Waals surface area contributed by atoms with E-state index in [1.165, 1.54) is 0 Å².